The van der Waals surface area contributed by atoms with Gasteiger partial charge in [-0.05, 0) is 41.1 Å². The van der Waals surface area contributed by atoms with E-state index in [0.29, 0.717) is 12.3 Å². The first kappa shape index (κ1) is 14.0. The van der Waals surface area contributed by atoms with E-state index >= 15 is 0 Å². The Morgan fingerprint density at radius 1 is 1.35 bits per heavy atom. The molecule has 0 saturated carbocycles. The minimum absolute atomic E-state index is 0.0218. The van der Waals surface area contributed by atoms with Gasteiger partial charge in [-0.3, -0.25) is 4.79 Å². The molecule has 0 bridgehead atoms. The summed E-state index contributed by atoms with van der Waals surface area (Å²) in [6.45, 7) is 2.79. The molecule has 106 valence electrons. The van der Waals surface area contributed by atoms with Crippen molar-refractivity contribution in [3.8, 4) is 11.4 Å². The Kier molecular flexibility index (Phi) is 5.05. The van der Waals surface area contributed by atoms with Gasteiger partial charge in [-0.25, -0.2) is 4.68 Å². The maximum atomic E-state index is 11.5. The summed E-state index contributed by atoms with van der Waals surface area (Å²) >= 11 is 0. The van der Waals surface area contributed by atoms with Crippen molar-refractivity contribution < 1.29 is 9.53 Å². The molecule has 0 atom stereocenters. The number of amides is 1. The molecule has 1 N–H and O–H groups in total. The van der Waals surface area contributed by atoms with Crippen molar-refractivity contribution in [2.24, 2.45) is 0 Å². The van der Waals surface area contributed by atoms with Crippen LogP contribution in [0.5, 0.6) is 5.75 Å². The van der Waals surface area contributed by atoms with Crippen molar-refractivity contribution in [2.45, 2.75) is 19.8 Å². The molecule has 0 aliphatic heterocycles. The van der Waals surface area contributed by atoms with Gasteiger partial charge in [-0.2, -0.15) is 0 Å². The van der Waals surface area contributed by atoms with E-state index in [2.05, 4.69) is 27.8 Å². The van der Waals surface area contributed by atoms with Crippen LogP contribution in [0, 0.1) is 0 Å². The van der Waals surface area contributed by atoms with Crippen LogP contribution in [0.4, 0.5) is 0 Å². The smallest absolute Gasteiger partial charge is 0.257 e. The molecule has 0 aliphatic rings. The first-order chi connectivity index (χ1) is 9.79. The van der Waals surface area contributed by atoms with Gasteiger partial charge in [-0.1, -0.05) is 13.3 Å². The average Bonchev–Trinajstić information content (AvgIpc) is 3.00. The SMILES string of the molecule is CCCCNC(=O)COc1ccc(-n2cnnn2)cc1. The fourth-order valence-corrected chi connectivity index (χ4v) is 1.58. The number of carbonyl (C=O) groups excluding carboxylic acids is 1. The predicted molar refractivity (Wildman–Crippen MR) is 72.6 cm³/mol. The van der Waals surface area contributed by atoms with Crippen LogP contribution in [-0.2, 0) is 4.79 Å². The highest BCUT2D eigenvalue weighted by Gasteiger charge is 2.03. The lowest BCUT2D eigenvalue weighted by Gasteiger charge is -2.07. The van der Waals surface area contributed by atoms with Gasteiger partial charge < -0.3 is 10.1 Å². The molecule has 1 aromatic heterocycles. The fraction of sp³-hybridized carbons (Fsp3) is 0.385. The summed E-state index contributed by atoms with van der Waals surface area (Å²) in [5.41, 5.74) is 0.828. The number of nitrogens with zero attached hydrogens (tertiary/aromatic N) is 4. The maximum Gasteiger partial charge on any atom is 0.257 e. The van der Waals surface area contributed by atoms with Crippen molar-refractivity contribution in [2.75, 3.05) is 13.2 Å². The van der Waals surface area contributed by atoms with Crippen molar-refractivity contribution >= 4 is 5.91 Å². The van der Waals surface area contributed by atoms with Crippen LogP contribution in [0.15, 0.2) is 30.6 Å². The van der Waals surface area contributed by atoms with E-state index in [4.69, 9.17) is 4.74 Å². The number of ether oxygens (including phenoxy) is 1. The van der Waals surface area contributed by atoms with Crippen molar-refractivity contribution in [1.29, 1.82) is 0 Å². The van der Waals surface area contributed by atoms with Crippen LogP contribution in [0.2, 0.25) is 0 Å². The highest BCUT2D eigenvalue weighted by molar-refractivity contribution is 5.77. The van der Waals surface area contributed by atoms with Crippen LogP contribution in [-0.4, -0.2) is 39.3 Å². The van der Waals surface area contributed by atoms with Gasteiger partial charge in [0.05, 0.1) is 5.69 Å². The highest BCUT2D eigenvalue weighted by Crippen LogP contribution is 2.13. The van der Waals surface area contributed by atoms with Gasteiger partial charge in [0.25, 0.3) is 5.91 Å². The Balaban J connectivity index is 1.81. The summed E-state index contributed by atoms with van der Waals surface area (Å²) in [6, 6.07) is 7.19. The number of aromatic nitrogens is 4. The first-order valence-corrected chi connectivity index (χ1v) is 6.52. The number of carbonyl (C=O) groups is 1. The molecule has 0 aliphatic carbocycles. The number of tetrazole rings is 1. The maximum absolute atomic E-state index is 11.5. The third kappa shape index (κ3) is 4.04. The Labute approximate surface area is 116 Å². The lowest BCUT2D eigenvalue weighted by Crippen LogP contribution is -2.29. The summed E-state index contributed by atoms with van der Waals surface area (Å²) in [5.74, 6) is 0.524. The lowest BCUT2D eigenvalue weighted by atomic mass is 10.3. The number of unbranched alkanes of at least 4 members (excludes halogenated alkanes) is 1. The molecule has 7 nitrogen and oxygen atoms in total. The van der Waals surface area contributed by atoms with E-state index in [1.165, 1.54) is 6.33 Å². The van der Waals surface area contributed by atoms with E-state index < -0.39 is 0 Å². The van der Waals surface area contributed by atoms with Gasteiger partial charge in [-0.15, -0.1) is 5.10 Å². The zero-order chi connectivity index (χ0) is 14.2. The van der Waals surface area contributed by atoms with Crippen LogP contribution in [0.3, 0.4) is 0 Å². The van der Waals surface area contributed by atoms with Crippen LogP contribution >= 0.6 is 0 Å². The normalized spacial score (nSPS) is 10.2. The molecule has 7 heteroatoms. The van der Waals surface area contributed by atoms with Crippen molar-refractivity contribution in [3.05, 3.63) is 30.6 Å². The van der Waals surface area contributed by atoms with Crippen molar-refractivity contribution in [3.63, 3.8) is 0 Å². The number of hydrogen-bond acceptors (Lipinski definition) is 5. The zero-order valence-electron chi connectivity index (χ0n) is 11.3. The minimum atomic E-state index is -0.108. The summed E-state index contributed by atoms with van der Waals surface area (Å²) in [7, 11) is 0. The van der Waals surface area contributed by atoms with Gasteiger partial charge >= 0.3 is 0 Å². The monoisotopic (exact) mass is 275 g/mol. The third-order valence-electron chi connectivity index (χ3n) is 2.67. The van der Waals surface area contributed by atoms with E-state index in [9.17, 15) is 4.79 Å². The molecule has 2 rings (SSSR count). The Bertz CT molecular complexity index is 524. The Hall–Kier alpha value is -2.44. The molecule has 0 unspecified atom stereocenters. The topological polar surface area (TPSA) is 81.9 Å². The molecule has 0 fully saturated rings. The molecule has 0 saturated heterocycles. The standard InChI is InChI=1S/C13H17N5O2/c1-2-3-8-14-13(19)9-20-12-6-4-11(5-7-12)18-10-15-16-17-18/h4-7,10H,2-3,8-9H2,1H3,(H,14,19). The zero-order valence-corrected chi connectivity index (χ0v) is 11.3. The molecule has 1 heterocycles. The molecule has 0 radical (unpaired) electrons. The molecule has 1 aromatic carbocycles. The van der Waals surface area contributed by atoms with Gasteiger partial charge in [0.1, 0.15) is 12.1 Å². The summed E-state index contributed by atoms with van der Waals surface area (Å²) < 4.78 is 6.94. The number of rotatable bonds is 7. The van der Waals surface area contributed by atoms with E-state index in [1.807, 2.05) is 12.1 Å². The quantitative estimate of drug-likeness (QED) is 0.761. The predicted octanol–water partition coefficient (Wildman–Crippen LogP) is 0.957. The van der Waals surface area contributed by atoms with Gasteiger partial charge in [0.2, 0.25) is 0 Å². The summed E-state index contributed by atoms with van der Waals surface area (Å²) in [6.07, 6.45) is 3.54. The van der Waals surface area contributed by atoms with Gasteiger partial charge in [0, 0.05) is 6.54 Å². The number of nitrogens with one attached hydrogen (secondary N) is 1. The van der Waals surface area contributed by atoms with Crippen LogP contribution in [0.1, 0.15) is 19.8 Å². The highest BCUT2D eigenvalue weighted by atomic mass is 16.5. The first-order valence-electron chi connectivity index (χ1n) is 6.52. The summed E-state index contributed by atoms with van der Waals surface area (Å²) in [5, 5.41) is 13.7. The van der Waals surface area contributed by atoms with E-state index in [0.717, 1.165) is 18.5 Å². The van der Waals surface area contributed by atoms with Crippen LogP contribution in [0.25, 0.3) is 5.69 Å². The fourth-order valence-electron chi connectivity index (χ4n) is 1.58. The number of hydrogen-bond donors (Lipinski definition) is 1. The van der Waals surface area contributed by atoms with Crippen molar-refractivity contribution in [1.82, 2.24) is 25.5 Å². The number of benzene rings is 1. The largest absolute Gasteiger partial charge is 0.484 e. The molecule has 20 heavy (non-hydrogen) atoms. The molecular weight excluding hydrogens is 258 g/mol. The summed E-state index contributed by atoms with van der Waals surface area (Å²) in [4.78, 5) is 11.5. The third-order valence-corrected chi connectivity index (χ3v) is 2.67. The molecule has 2 aromatic rings. The second-order valence-corrected chi connectivity index (χ2v) is 4.24. The Morgan fingerprint density at radius 3 is 2.80 bits per heavy atom. The molecule has 1 amide bonds. The second-order valence-electron chi connectivity index (χ2n) is 4.24. The molecule has 0 spiro atoms. The van der Waals surface area contributed by atoms with Gasteiger partial charge in [0.15, 0.2) is 6.61 Å². The minimum Gasteiger partial charge on any atom is -0.484 e. The second kappa shape index (κ2) is 7.22. The molecular formula is C13H17N5O2. The Morgan fingerprint density at radius 2 is 2.15 bits per heavy atom. The lowest BCUT2D eigenvalue weighted by molar-refractivity contribution is -0.123. The van der Waals surface area contributed by atoms with Crippen LogP contribution < -0.4 is 10.1 Å². The van der Waals surface area contributed by atoms with E-state index in [-0.39, 0.29) is 12.5 Å². The average molecular weight is 275 g/mol. The van der Waals surface area contributed by atoms with E-state index in [1.54, 1.807) is 16.8 Å².